The van der Waals surface area contributed by atoms with E-state index in [2.05, 4.69) is 15.5 Å². The maximum Gasteiger partial charge on any atom is 0.343 e. The highest BCUT2D eigenvalue weighted by Gasteiger charge is 2.20. The molecule has 168 valence electrons. The summed E-state index contributed by atoms with van der Waals surface area (Å²) in [5, 5.41) is 18.9. The highest BCUT2D eigenvalue weighted by atomic mass is 32.2. The first-order valence-electron chi connectivity index (χ1n) is 9.60. The predicted molar refractivity (Wildman–Crippen MR) is 122 cm³/mol. The lowest BCUT2D eigenvalue weighted by Gasteiger charge is -2.05. The Balaban J connectivity index is 1.69. The molecule has 0 radical (unpaired) electrons. The topological polar surface area (TPSA) is 139 Å². The van der Waals surface area contributed by atoms with Gasteiger partial charge in [-0.1, -0.05) is 48.1 Å². The summed E-state index contributed by atoms with van der Waals surface area (Å²) in [7, 11) is -3.54. The van der Waals surface area contributed by atoms with E-state index in [9.17, 15) is 23.3 Å². The lowest BCUT2D eigenvalue weighted by atomic mass is 10.1. The molecule has 9 nitrogen and oxygen atoms in total. The number of anilines is 1. The highest BCUT2D eigenvalue weighted by Crippen LogP contribution is 2.22. The molecule has 0 aliphatic heterocycles. The first kappa shape index (κ1) is 23.8. The molecule has 1 N–H and O–H groups in total. The summed E-state index contributed by atoms with van der Waals surface area (Å²) >= 11 is 0.706. The Kier molecular flexibility index (Phi) is 7.32. The second-order valence-corrected chi connectivity index (χ2v) is 10.2. The summed E-state index contributed by atoms with van der Waals surface area (Å²) in [6.07, 6.45) is 1.34. The lowest BCUT2D eigenvalue weighted by molar-refractivity contribution is -0.112. The summed E-state index contributed by atoms with van der Waals surface area (Å²) in [5.41, 5.74) is 1.65. The zero-order valence-corrected chi connectivity index (χ0v) is 19.2. The van der Waals surface area contributed by atoms with Gasteiger partial charge in [0.25, 0.3) is 5.91 Å². The van der Waals surface area contributed by atoms with Crippen molar-refractivity contribution in [3.8, 4) is 11.8 Å². The fourth-order valence-corrected chi connectivity index (χ4v) is 4.54. The van der Waals surface area contributed by atoms with Crippen LogP contribution in [-0.2, 0) is 14.6 Å². The van der Waals surface area contributed by atoms with E-state index in [1.165, 1.54) is 13.0 Å². The highest BCUT2D eigenvalue weighted by molar-refractivity contribution is 7.93. The lowest BCUT2D eigenvalue weighted by Crippen LogP contribution is -2.13. The van der Waals surface area contributed by atoms with Crippen LogP contribution in [0.1, 0.15) is 28.4 Å². The smallest absolute Gasteiger partial charge is 0.343 e. The Morgan fingerprint density at radius 2 is 1.91 bits per heavy atom. The van der Waals surface area contributed by atoms with Crippen LogP contribution in [0.25, 0.3) is 6.08 Å². The Morgan fingerprint density at radius 3 is 2.55 bits per heavy atom. The number of amides is 1. The van der Waals surface area contributed by atoms with Crippen LogP contribution in [0.4, 0.5) is 5.13 Å². The molecule has 0 aliphatic rings. The van der Waals surface area contributed by atoms with Crippen LogP contribution in [0.15, 0.2) is 58.4 Å². The molecular formula is C22H18N4O5S2. The number of ether oxygens (including phenoxy) is 1. The zero-order chi connectivity index (χ0) is 24.0. The molecule has 0 fully saturated rings. The number of aromatic nitrogens is 2. The monoisotopic (exact) mass is 482 g/mol. The van der Waals surface area contributed by atoms with Gasteiger partial charge in [0.2, 0.25) is 19.3 Å². The van der Waals surface area contributed by atoms with Crippen LogP contribution in [0.5, 0.6) is 5.75 Å². The molecule has 11 heteroatoms. The van der Waals surface area contributed by atoms with Gasteiger partial charge in [-0.25, -0.2) is 13.2 Å². The summed E-state index contributed by atoms with van der Waals surface area (Å²) < 4.78 is 28.8. The quantitative estimate of drug-likeness (QED) is 0.178. The van der Waals surface area contributed by atoms with E-state index < -0.39 is 21.7 Å². The van der Waals surface area contributed by atoms with Gasteiger partial charge >= 0.3 is 5.97 Å². The van der Waals surface area contributed by atoms with Crippen LogP contribution in [-0.4, -0.2) is 36.2 Å². The number of nitrogens with one attached hydrogen (secondary N) is 1. The molecule has 0 atom stereocenters. The molecule has 0 aliphatic carbocycles. The molecule has 2 aromatic carbocycles. The number of nitriles is 1. The second-order valence-electron chi connectivity index (χ2n) is 6.73. The average Bonchev–Trinajstić information content (AvgIpc) is 3.27. The summed E-state index contributed by atoms with van der Waals surface area (Å²) in [6.45, 7) is 3.35. The molecule has 0 bridgehead atoms. The van der Waals surface area contributed by atoms with Crippen molar-refractivity contribution < 1.29 is 22.7 Å². The summed E-state index contributed by atoms with van der Waals surface area (Å²) in [5.74, 6) is -1.10. The van der Waals surface area contributed by atoms with Gasteiger partial charge < -0.3 is 4.74 Å². The molecule has 0 saturated heterocycles. The maximum absolute atomic E-state index is 12.4. The van der Waals surface area contributed by atoms with Crippen molar-refractivity contribution in [3.63, 3.8) is 0 Å². The number of benzene rings is 2. The van der Waals surface area contributed by atoms with Crippen LogP contribution in [0, 0.1) is 18.3 Å². The molecule has 1 aromatic heterocycles. The number of carbonyl (C=O) groups excluding carboxylic acids is 2. The minimum atomic E-state index is -3.54. The number of aryl methyl sites for hydroxylation is 1. The van der Waals surface area contributed by atoms with Crippen LogP contribution in [0.2, 0.25) is 0 Å². The van der Waals surface area contributed by atoms with E-state index in [1.807, 2.05) is 13.0 Å². The number of rotatable bonds is 7. The van der Waals surface area contributed by atoms with Crippen LogP contribution in [0.3, 0.4) is 0 Å². The maximum atomic E-state index is 12.4. The predicted octanol–water partition coefficient (Wildman–Crippen LogP) is 3.41. The Morgan fingerprint density at radius 1 is 1.18 bits per heavy atom. The second kappa shape index (κ2) is 10.2. The Bertz CT molecular complexity index is 1370. The van der Waals surface area contributed by atoms with Gasteiger partial charge in [-0.2, -0.15) is 5.26 Å². The van der Waals surface area contributed by atoms with E-state index in [1.54, 1.807) is 48.5 Å². The normalized spacial score (nSPS) is 11.5. The number of nitrogens with zero attached hydrogens (tertiary/aromatic N) is 3. The van der Waals surface area contributed by atoms with E-state index in [4.69, 9.17) is 4.74 Å². The van der Waals surface area contributed by atoms with Crippen molar-refractivity contribution in [2.75, 3.05) is 11.1 Å². The van der Waals surface area contributed by atoms with Gasteiger partial charge in [0.05, 0.1) is 11.3 Å². The van der Waals surface area contributed by atoms with E-state index in [0.717, 1.165) is 5.56 Å². The molecule has 1 heterocycles. The van der Waals surface area contributed by atoms with Crippen molar-refractivity contribution in [1.82, 2.24) is 10.2 Å². The van der Waals surface area contributed by atoms with Gasteiger partial charge in [0.1, 0.15) is 17.4 Å². The minimum Gasteiger partial charge on any atom is -0.423 e. The molecule has 0 unspecified atom stereocenters. The fourth-order valence-electron chi connectivity index (χ4n) is 2.56. The number of sulfone groups is 1. The Hall–Kier alpha value is -3.88. The average molecular weight is 483 g/mol. The number of hydrogen-bond acceptors (Lipinski definition) is 9. The van der Waals surface area contributed by atoms with Gasteiger partial charge in [-0.3, -0.25) is 10.1 Å². The SMILES string of the molecule is CCS(=O)(=O)c1nnc(NC(=O)/C(C#N)=C\c2ccc(OC(=O)c3cccc(C)c3)cc2)s1. The molecule has 3 rings (SSSR count). The Labute approximate surface area is 194 Å². The van der Waals surface area contributed by atoms with Gasteiger partial charge in [-0.05, 0) is 42.8 Å². The number of carbonyl (C=O) groups is 2. The third-order valence-corrected chi connectivity index (χ3v) is 7.31. The third kappa shape index (κ3) is 6.09. The van der Waals surface area contributed by atoms with Crippen LogP contribution >= 0.6 is 11.3 Å². The van der Waals surface area contributed by atoms with Crippen molar-refractivity contribution in [3.05, 3.63) is 70.8 Å². The van der Waals surface area contributed by atoms with Crippen LogP contribution < -0.4 is 10.1 Å². The minimum absolute atomic E-state index is 0.0356. The molecule has 3 aromatic rings. The largest absolute Gasteiger partial charge is 0.423 e. The van der Waals surface area contributed by atoms with E-state index in [-0.39, 0.29) is 20.8 Å². The first-order chi connectivity index (χ1) is 15.7. The van der Waals surface area contributed by atoms with Crippen molar-refractivity contribution in [2.24, 2.45) is 0 Å². The molecular weight excluding hydrogens is 464 g/mol. The van der Waals surface area contributed by atoms with Gasteiger partial charge in [0.15, 0.2) is 0 Å². The van der Waals surface area contributed by atoms with Crippen molar-refractivity contribution >= 4 is 44.3 Å². The van der Waals surface area contributed by atoms with Gasteiger partial charge in [-0.15, -0.1) is 10.2 Å². The van der Waals surface area contributed by atoms with E-state index in [0.29, 0.717) is 28.2 Å². The summed E-state index contributed by atoms with van der Waals surface area (Å²) in [6, 6.07) is 15.1. The third-order valence-electron chi connectivity index (χ3n) is 4.29. The number of hydrogen-bond donors (Lipinski definition) is 1. The van der Waals surface area contributed by atoms with Crippen molar-refractivity contribution in [1.29, 1.82) is 5.26 Å². The fraction of sp³-hybridized carbons (Fsp3) is 0.136. The molecule has 0 spiro atoms. The van der Waals surface area contributed by atoms with E-state index >= 15 is 0 Å². The van der Waals surface area contributed by atoms with Gasteiger partial charge in [0, 0.05) is 0 Å². The molecule has 1 amide bonds. The zero-order valence-electron chi connectivity index (χ0n) is 17.6. The standard InChI is InChI=1S/C22H18N4O5S2/c1-3-33(29,30)22-26-25-21(32-22)24-19(27)17(13-23)12-15-7-9-18(10-8-15)31-20(28)16-6-4-5-14(2)11-16/h4-12H,3H2,1-2H3,(H,24,25,27)/b17-12-. The first-order valence-corrected chi connectivity index (χ1v) is 12.1. The number of esters is 1. The van der Waals surface area contributed by atoms with Crippen molar-refractivity contribution in [2.45, 2.75) is 18.2 Å². The summed E-state index contributed by atoms with van der Waals surface area (Å²) in [4.78, 5) is 24.6. The molecule has 0 saturated carbocycles. The molecule has 33 heavy (non-hydrogen) atoms.